The van der Waals surface area contributed by atoms with Crippen LogP contribution < -0.4 is 5.32 Å². The Hall–Kier alpha value is -2.36. The standard InChI is InChI=1S/C15H13NO3/c17-11-6-4-9(5-7-11)8-10-2-1-3-12-13(10)15(19)16-14(12)18/h1,3-8,12-13,17H,2H2,(H,16,18,19)/b10-8+. The number of phenols is 1. The van der Waals surface area contributed by atoms with E-state index in [2.05, 4.69) is 5.32 Å². The lowest BCUT2D eigenvalue weighted by Crippen LogP contribution is -2.22. The van der Waals surface area contributed by atoms with Crippen molar-refractivity contribution in [1.29, 1.82) is 0 Å². The first kappa shape index (κ1) is 11.7. The molecule has 0 spiro atoms. The maximum absolute atomic E-state index is 11.8. The zero-order chi connectivity index (χ0) is 13.4. The summed E-state index contributed by atoms with van der Waals surface area (Å²) in [6, 6.07) is 6.76. The summed E-state index contributed by atoms with van der Waals surface area (Å²) < 4.78 is 0. The van der Waals surface area contributed by atoms with Gasteiger partial charge >= 0.3 is 0 Å². The topological polar surface area (TPSA) is 66.4 Å². The molecule has 4 nitrogen and oxygen atoms in total. The second-order valence-corrected chi connectivity index (χ2v) is 4.80. The second kappa shape index (κ2) is 4.39. The Bertz CT molecular complexity index is 598. The zero-order valence-electron chi connectivity index (χ0n) is 10.2. The molecule has 0 aromatic heterocycles. The van der Waals surface area contributed by atoms with E-state index in [1.807, 2.05) is 12.2 Å². The summed E-state index contributed by atoms with van der Waals surface area (Å²) in [6.45, 7) is 0. The number of nitrogens with one attached hydrogen (secondary N) is 1. The molecule has 0 saturated carbocycles. The molecule has 96 valence electrons. The Morgan fingerprint density at radius 3 is 2.63 bits per heavy atom. The normalized spacial score (nSPS) is 27.5. The molecule has 1 saturated heterocycles. The third kappa shape index (κ3) is 2.05. The first-order chi connectivity index (χ1) is 9.15. The molecule has 4 heteroatoms. The molecule has 0 radical (unpaired) electrons. The van der Waals surface area contributed by atoms with Gasteiger partial charge in [0.2, 0.25) is 11.8 Å². The van der Waals surface area contributed by atoms with Crippen molar-refractivity contribution in [3.63, 3.8) is 0 Å². The van der Waals surface area contributed by atoms with Crippen molar-refractivity contribution < 1.29 is 14.7 Å². The summed E-state index contributed by atoms with van der Waals surface area (Å²) in [5.74, 6) is -0.986. The van der Waals surface area contributed by atoms with Crippen LogP contribution in [0.2, 0.25) is 0 Å². The predicted octanol–water partition coefficient (Wildman–Crippen LogP) is 1.62. The van der Waals surface area contributed by atoms with E-state index in [1.54, 1.807) is 30.3 Å². The minimum Gasteiger partial charge on any atom is -0.508 e. The van der Waals surface area contributed by atoms with Gasteiger partial charge in [0.05, 0.1) is 11.8 Å². The van der Waals surface area contributed by atoms with Gasteiger partial charge in [-0.15, -0.1) is 0 Å². The number of amides is 2. The minimum atomic E-state index is -0.383. The van der Waals surface area contributed by atoms with E-state index < -0.39 is 0 Å². The van der Waals surface area contributed by atoms with Gasteiger partial charge in [0.15, 0.2) is 0 Å². The maximum atomic E-state index is 11.8. The number of aromatic hydroxyl groups is 1. The fourth-order valence-electron chi connectivity index (χ4n) is 2.61. The lowest BCUT2D eigenvalue weighted by atomic mass is 9.81. The van der Waals surface area contributed by atoms with Crippen LogP contribution in [0, 0.1) is 11.8 Å². The molecule has 1 aliphatic carbocycles. The van der Waals surface area contributed by atoms with Crippen molar-refractivity contribution in [2.45, 2.75) is 6.42 Å². The van der Waals surface area contributed by atoms with Gasteiger partial charge in [-0.1, -0.05) is 35.9 Å². The van der Waals surface area contributed by atoms with Crippen LogP contribution in [0.3, 0.4) is 0 Å². The number of carbonyl (C=O) groups is 2. The van der Waals surface area contributed by atoms with Crippen molar-refractivity contribution >= 4 is 17.9 Å². The monoisotopic (exact) mass is 255 g/mol. The Morgan fingerprint density at radius 1 is 1.16 bits per heavy atom. The van der Waals surface area contributed by atoms with Crippen LogP contribution in [0.15, 0.2) is 42.0 Å². The average Bonchev–Trinajstić information content (AvgIpc) is 2.69. The Kier molecular flexibility index (Phi) is 2.71. The summed E-state index contributed by atoms with van der Waals surface area (Å²) in [4.78, 5) is 23.4. The molecular formula is C15H13NO3. The molecular weight excluding hydrogens is 242 g/mol. The summed E-state index contributed by atoms with van der Waals surface area (Å²) in [5, 5.41) is 11.6. The van der Waals surface area contributed by atoms with E-state index in [0.29, 0.717) is 6.42 Å². The maximum Gasteiger partial charge on any atom is 0.234 e. The van der Waals surface area contributed by atoms with Gasteiger partial charge < -0.3 is 5.11 Å². The quantitative estimate of drug-likeness (QED) is 0.592. The molecule has 2 aliphatic rings. The first-order valence-electron chi connectivity index (χ1n) is 6.16. The number of hydrogen-bond acceptors (Lipinski definition) is 3. The Balaban J connectivity index is 1.96. The van der Waals surface area contributed by atoms with E-state index >= 15 is 0 Å². The van der Waals surface area contributed by atoms with Crippen LogP contribution in [0.1, 0.15) is 12.0 Å². The summed E-state index contributed by atoms with van der Waals surface area (Å²) in [6.07, 6.45) is 6.31. The molecule has 2 atom stereocenters. The highest BCUT2D eigenvalue weighted by atomic mass is 16.3. The highest BCUT2D eigenvalue weighted by Gasteiger charge is 2.43. The van der Waals surface area contributed by atoms with Crippen LogP contribution in [0.4, 0.5) is 0 Å². The number of carbonyl (C=O) groups excluding carboxylic acids is 2. The van der Waals surface area contributed by atoms with Crippen LogP contribution in [-0.2, 0) is 9.59 Å². The van der Waals surface area contributed by atoms with Gasteiger partial charge in [0.1, 0.15) is 5.75 Å². The lowest BCUT2D eigenvalue weighted by molar-refractivity contribution is -0.125. The van der Waals surface area contributed by atoms with E-state index in [-0.39, 0.29) is 29.4 Å². The first-order valence-corrected chi connectivity index (χ1v) is 6.16. The van der Waals surface area contributed by atoms with Crippen molar-refractivity contribution in [3.05, 3.63) is 47.6 Å². The molecule has 0 bridgehead atoms. The lowest BCUT2D eigenvalue weighted by Gasteiger charge is -2.19. The van der Waals surface area contributed by atoms with Crippen molar-refractivity contribution in [2.24, 2.45) is 11.8 Å². The van der Waals surface area contributed by atoms with Crippen LogP contribution in [0.25, 0.3) is 6.08 Å². The SMILES string of the molecule is O=C1NC(=O)C2/C(=C/c3ccc(O)cc3)CC=CC12. The fraction of sp³-hybridized carbons (Fsp3) is 0.200. The van der Waals surface area contributed by atoms with Gasteiger partial charge in [0, 0.05) is 0 Å². The van der Waals surface area contributed by atoms with Crippen molar-refractivity contribution in [2.75, 3.05) is 0 Å². The van der Waals surface area contributed by atoms with Crippen LogP contribution in [-0.4, -0.2) is 16.9 Å². The summed E-state index contributed by atoms with van der Waals surface area (Å²) in [5.41, 5.74) is 1.84. The molecule has 1 fully saturated rings. The fourth-order valence-corrected chi connectivity index (χ4v) is 2.61. The molecule has 2 unspecified atom stereocenters. The van der Waals surface area contributed by atoms with Crippen LogP contribution in [0.5, 0.6) is 5.75 Å². The number of hydrogen-bond donors (Lipinski definition) is 2. The van der Waals surface area contributed by atoms with Gasteiger partial charge in [-0.25, -0.2) is 0 Å². The summed E-state index contributed by atoms with van der Waals surface area (Å²) >= 11 is 0. The molecule has 19 heavy (non-hydrogen) atoms. The molecule has 2 N–H and O–H groups in total. The number of imide groups is 1. The molecule has 1 heterocycles. The van der Waals surface area contributed by atoms with Crippen molar-refractivity contribution in [3.8, 4) is 5.75 Å². The van der Waals surface area contributed by atoms with E-state index in [0.717, 1.165) is 11.1 Å². The molecule has 1 aliphatic heterocycles. The smallest absolute Gasteiger partial charge is 0.234 e. The Labute approximate surface area is 110 Å². The molecule has 1 aromatic rings. The predicted molar refractivity (Wildman–Crippen MR) is 70.0 cm³/mol. The highest BCUT2D eigenvalue weighted by molar-refractivity contribution is 6.08. The van der Waals surface area contributed by atoms with Gasteiger partial charge in [0.25, 0.3) is 0 Å². The van der Waals surface area contributed by atoms with Gasteiger partial charge in [-0.2, -0.15) is 0 Å². The van der Waals surface area contributed by atoms with Gasteiger partial charge in [-0.3, -0.25) is 14.9 Å². The molecule has 1 aromatic carbocycles. The van der Waals surface area contributed by atoms with Crippen molar-refractivity contribution in [1.82, 2.24) is 5.32 Å². The third-order valence-corrected chi connectivity index (χ3v) is 3.53. The van der Waals surface area contributed by atoms with Crippen LogP contribution >= 0.6 is 0 Å². The van der Waals surface area contributed by atoms with Gasteiger partial charge in [-0.05, 0) is 24.1 Å². The number of rotatable bonds is 1. The van der Waals surface area contributed by atoms with E-state index in [4.69, 9.17) is 0 Å². The largest absolute Gasteiger partial charge is 0.508 e. The second-order valence-electron chi connectivity index (χ2n) is 4.80. The minimum absolute atomic E-state index is 0.206. The number of allylic oxidation sites excluding steroid dienone is 1. The molecule has 2 amide bonds. The number of benzene rings is 1. The highest BCUT2D eigenvalue weighted by Crippen LogP contribution is 2.35. The third-order valence-electron chi connectivity index (χ3n) is 3.53. The zero-order valence-corrected chi connectivity index (χ0v) is 10.2. The Morgan fingerprint density at radius 2 is 1.89 bits per heavy atom. The van der Waals surface area contributed by atoms with E-state index in [9.17, 15) is 14.7 Å². The summed E-state index contributed by atoms with van der Waals surface area (Å²) in [7, 11) is 0. The molecule has 3 rings (SSSR count). The van der Waals surface area contributed by atoms with E-state index in [1.165, 1.54) is 0 Å². The number of phenolic OH excluding ortho intramolecular Hbond substituents is 1. The average molecular weight is 255 g/mol. The number of fused-ring (bicyclic) bond motifs is 1.